The molecule has 1 aliphatic heterocycles. The molecule has 154 valence electrons. The van der Waals surface area contributed by atoms with E-state index >= 15 is 0 Å². The van der Waals surface area contributed by atoms with Gasteiger partial charge in [-0.1, -0.05) is 55.5 Å². The Morgan fingerprint density at radius 3 is 2.62 bits per heavy atom. The summed E-state index contributed by atoms with van der Waals surface area (Å²) in [6, 6.07) is 17.7. The van der Waals surface area contributed by atoms with E-state index in [9.17, 15) is 9.59 Å². The fraction of sp³-hybridized carbons (Fsp3) is 0.391. The summed E-state index contributed by atoms with van der Waals surface area (Å²) in [6.07, 6.45) is 1.66. The summed E-state index contributed by atoms with van der Waals surface area (Å²) in [5.41, 5.74) is 2.89. The second-order valence-corrected chi connectivity index (χ2v) is 7.15. The van der Waals surface area contributed by atoms with Gasteiger partial charge in [-0.15, -0.1) is 0 Å². The lowest BCUT2D eigenvalue weighted by Gasteiger charge is -2.33. The maximum absolute atomic E-state index is 12.1. The van der Waals surface area contributed by atoms with Crippen LogP contribution in [0, 0.1) is 0 Å². The number of benzene rings is 2. The molecule has 6 heteroatoms. The van der Waals surface area contributed by atoms with E-state index in [1.54, 1.807) is 0 Å². The number of ether oxygens (including phenoxy) is 1. The number of amides is 2. The minimum Gasteiger partial charge on any atom is -0.371 e. The number of anilines is 1. The number of nitrogens with zero attached hydrogens (tertiary/aromatic N) is 1. The third kappa shape index (κ3) is 6.14. The molecular formula is C23H29N3O3. The molecule has 1 saturated heterocycles. The van der Waals surface area contributed by atoms with Crippen molar-refractivity contribution in [2.75, 3.05) is 38.1 Å². The molecule has 0 unspecified atom stereocenters. The summed E-state index contributed by atoms with van der Waals surface area (Å²) < 4.78 is 5.88. The molecule has 0 spiro atoms. The number of carbonyl (C=O) groups excluding carboxylic acids is 2. The number of hydrogen-bond donors (Lipinski definition) is 2. The zero-order chi connectivity index (χ0) is 20.5. The van der Waals surface area contributed by atoms with E-state index in [1.165, 1.54) is 5.56 Å². The third-order valence-electron chi connectivity index (χ3n) is 5.11. The third-order valence-corrected chi connectivity index (χ3v) is 5.11. The molecule has 1 aliphatic rings. The minimum absolute atomic E-state index is 0.0870. The molecule has 0 radical (unpaired) electrons. The van der Waals surface area contributed by atoms with E-state index in [4.69, 9.17) is 4.74 Å². The van der Waals surface area contributed by atoms with E-state index in [1.807, 2.05) is 49.4 Å². The Bertz CT molecular complexity index is 810. The van der Waals surface area contributed by atoms with Crippen LogP contribution in [0.25, 0.3) is 0 Å². The molecule has 2 aromatic carbocycles. The van der Waals surface area contributed by atoms with E-state index in [2.05, 4.69) is 27.7 Å². The van der Waals surface area contributed by atoms with Crippen molar-refractivity contribution in [2.24, 2.45) is 0 Å². The standard InChI is InChI=1S/C23H29N3O3/c1-2-18-9-6-7-12-20(18)25-23(28)22(27)24-13-8-14-26-15-16-29-21(17-26)19-10-4-3-5-11-19/h3-7,9-12,21H,2,8,13-17H2,1H3,(H,24,27)(H,25,28)/t21-/m0/s1. The zero-order valence-corrected chi connectivity index (χ0v) is 16.9. The average molecular weight is 396 g/mol. The Balaban J connectivity index is 1.38. The van der Waals surface area contributed by atoms with Gasteiger partial charge in [0.2, 0.25) is 0 Å². The fourth-order valence-corrected chi connectivity index (χ4v) is 3.49. The number of para-hydroxylation sites is 1. The van der Waals surface area contributed by atoms with E-state index in [0.717, 1.165) is 38.0 Å². The van der Waals surface area contributed by atoms with Crippen LogP contribution in [0.15, 0.2) is 54.6 Å². The van der Waals surface area contributed by atoms with Crippen molar-refractivity contribution < 1.29 is 14.3 Å². The number of hydrogen-bond acceptors (Lipinski definition) is 4. The van der Waals surface area contributed by atoms with Gasteiger partial charge in [-0.25, -0.2) is 0 Å². The molecule has 2 aromatic rings. The highest BCUT2D eigenvalue weighted by Crippen LogP contribution is 2.21. The van der Waals surface area contributed by atoms with Gasteiger partial charge in [0, 0.05) is 31.9 Å². The van der Waals surface area contributed by atoms with Crippen LogP contribution in [-0.2, 0) is 20.7 Å². The van der Waals surface area contributed by atoms with E-state index in [-0.39, 0.29) is 6.10 Å². The number of carbonyl (C=O) groups is 2. The summed E-state index contributed by atoms with van der Waals surface area (Å²) in [5.74, 6) is -1.22. The van der Waals surface area contributed by atoms with Crippen LogP contribution < -0.4 is 10.6 Å². The predicted octanol–water partition coefficient (Wildman–Crippen LogP) is 2.77. The summed E-state index contributed by atoms with van der Waals surface area (Å²) >= 11 is 0. The zero-order valence-electron chi connectivity index (χ0n) is 16.9. The smallest absolute Gasteiger partial charge is 0.313 e. The van der Waals surface area contributed by atoms with Crippen LogP contribution >= 0.6 is 0 Å². The van der Waals surface area contributed by atoms with Crippen molar-refractivity contribution in [1.82, 2.24) is 10.2 Å². The maximum atomic E-state index is 12.1. The van der Waals surface area contributed by atoms with Gasteiger partial charge in [-0.05, 0) is 30.0 Å². The molecule has 0 saturated carbocycles. The molecule has 29 heavy (non-hydrogen) atoms. The van der Waals surface area contributed by atoms with Crippen molar-refractivity contribution >= 4 is 17.5 Å². The van der Waals surface area contributed by atoms with Crippen molar-refractivity contribution in [2.45, 2.75) is 25.9 Å². The number of nitrogens with one attached hydrogen (secondary N) is 2. The summed E-state index contributed by atoms with van der Waals surface area (Å²) in [4.78, 5) is 26.5. The largest absolute Gasteiger partial charge is 0.371 e. The Kier molecular flexibility index (Phi) is 7.78. The first kappa shape index (κ1) is 21.0. The lowest BCUT2D eigenvalue weighted by atomic mass is 10.1. The van der Waals surface area contributed by atoms with Crippen LogP contribution in [0.4, 0.5) is 5.69 Å². The molecule has 0 aromatic heterocycles. The van der Waals surface area contributed by atoms with Crippen molar-refractivity contribution in [3.05, 3.63) is 65.7 Å². The highest BCUT2D eigenvalue weighted by atomic mass is 16.5. The molecule has 2 N–H and O–H groups in total. The number of morpholine rings is 1. The molecule has 1 atom stereocenters. The summed E-state index contributed by atoms with van der Waals surface area (Å²) in [6.45, 7) is 5.75. The number of rotatable bonds is 7. The molecule has 1 heterocycles. The second kappa shape index (κ2) is 10.7. The first-order valence-corrected chi connectivity index (χ1v) is 10.2. The fourth-order valence-electron chi connectivity index (χ4n) is 3.49. The second-order valence-electron chi connectivity index (χ2n) is 7.15. The van der Waals surface area contributed by atoms with Crippen LogP contribution in [0.1, 0.15) is 30.6 Å². The van der Waals surface area contributed by atoms with Gasteiger partial charge in [0.15, 0.2) is 0 Å². The Morgan fingerprint density at radius 1 is 1.07 bits per heavy atom. The molecule has 2 amide bonds. The molecule has 3 rings (SSSR count). The minimum atomic E-state index is -0.624. The van der Waals surface area contributed by atoms with Crippen molar-refractivity contribution in [1.29, 1.82) is 0 Å². The van der Waals surface area contributed by atoms with Gasteiger partial charge in [-0.2, -0.15) is 0 Å². The van der Waals surface area contributed by atoms with E-state index in [0.29, 0.717) is 18.8 Å². The van der Waals surface area contributed by atoms with Crippen molar-refractivity contribution in [3.8, 4) is 0 Å². The van der Waals surface area contributed by atoms with Crippen LogP contribution in [-0.4, -0.2) is 49.5 Å². The van der Waals surface area contributed by atoms with Crippen LogP contribution in [0.5, 0.6) is 0 Å². The summed E-state index contributed by atoms with van der Waals surface area (Å²) in [5, 5.41) is 5.41. The highest BCUT2D eigenvalue weighted by Gasteiger charge is 2.21. The van der Waals surface area contributed by atoms with Gasteiger partial charge >= 0.3 is 11.8 Å². The molecule has 1 fully saturated rings. The van der Waals surface area contributed by atoms with Gasteiger partial charge in [0.05, 0.1) is 12.7 Å². The van der Waals surface area contributed by atoms with Crippen molar-refractivity contribution in [3.63, 3.8) is 0 Å². The number of aryl methyl sites for hydroxylation is 1. The molecule has 0 bridgehead atoms. The quantitative estimate of drug-likeness (QED) is 0.559. The van der Waals surface area contributed by atoms with Gasteiger partial charge in [0.1, 0.15) is 0 Å². The SMILES string of the molecule is CCc1ccccc1NC(=O)C(=O)NCCCN1CCO[C@H](c2ccccc2)C1. The normalized spacial score (nSPS) is 16.9. The maximum Gasteiger partial charge on any atom is 0.313 e. The molecule has 0 aliphatic carbocycles. The molecule has 6 nitrogen and oxygen atoms in total. The Labute approximate surface area is 172 Å². The Hall–Kier alpha value is -2.70. The summed E-state index contributed by atoms with van der Waals surface area (Å²) in [7, 11) is 0. The topological polar surface area (TPSA) is 70.7 Å². The van der Waals surface area contributed by atoms with Gasteiger partial charge < -0.3 is 15.4 Å². The van der Waals surface area contributed by atoms with Gasteiger partial charge in [0.25, 0.3) is 0 Å². The van der Waals surface area contributed by atoms with Gasteiger partial charge in [-0.3, -0.25) is 14.5 Å². The average Bonchev–Trinajstić information content (AvgIpc) is 2.77. The Morgan fingerprint density at radius 2 is 1.83 bits per heavy atom. The highest BCUT2D eigenvalue weighted by molar-refractivity contribution is 6.39. The first-order chi connectivity index (χ1) is 14.2. The van der Waals surface area contributed by atoms with Crippen LogP contribution in [0.2, 0.25) is 0 Å². The lowest BCUT2D eigenvalue weighted by molar-refractivity contribution is -0.136. The monoisotopic (exact) mass is 395 g/mol. The van der Waals surface area contributed by atoms with Crippen LogP contribution in [0.3, 0.4) is 0 Å². The predicted molar refractivity (Wildman–Crippen MR) is 114 cm³/mol. The first-order valence-electron chi connectivity index (χ1n) is 10.2. The van der Waals surface area contributed by atoms with E-state index < -0.39 is 11.8 Å². The lowest BCUT2D eigenvalue weighted by Crippen LogP contribution is -2.41. The molecular weight excluding hydrogens is 366 g/mol.